The van der Waals surface area contributed by atoms with Crippen LogP contribution in [-0.4, -0.2) is 33.6 Å². The molecule has 7 nitrogen and oxygen atoms in total. The standard InChI is InChI=1S/C17H15N3O4/c1-18-15(21)13-7-11(17(23)24)9-20(16(13)22)8-10-3-2-4-14-12(10)5-6-19-14/h2-7,9,19H,8H2,1H3,(H,18,21)(H,23,24). The van der Waals surface area contributed by atoms with Crippen LogP contribution in [0, 0.1) is 0 Å². The van der Waals surface area contributed by atoms with Crippen molar-refractivity contribution in [3.05, 3.63) is 69.8 Å². The number of aromatic amines is 1. The van der Waals surface area contributed by atoms with Gasteiger partial charge in [-0.2, -0.15) is 0 Å². The van der Waals surface area contributed by atoms with Crippen molar-refractivity contribution in [1.82, 2.24) is 14.9 Å². The zero-order chi connectivity index (χ0) is 17.3. The van der Waals surface area contributed by atoms with Crippen LogP contribution in [-0.2, 0) is 6.54 Å². The van der Waals surface area contributed by atoms with Gasteiger partial charge in [0.15, 0.2) is 0 Å². The van der Waals surface area contributed by atoms with Gasteiger partial charge in [0.05, 0.1) is 12.1 Å². The number of hydrogen-bond donors (Lipinski definition) is 3. The molecule has 0 aliphatic carbocycles. The van der Waals surface area contributed by atoms with E-state index >= 15 is 0 Å². The van der Waals surface area contributed by atoms with Gasteiger partial charge >= 0.3 is 5.97 Å². The monoisotopic (exact) mass is 325 g/mol. The fraction of sp³-hybridized carbons (Fsp3) is 0.118. The second kappa shape index (κ2) is 6.04. The number of carboxylic acid groups (broad SMARTS) is 1. The number of benzene rings is 1. The van der Waals surface area contributed by atoms with Crippen LogP contribution in [0.1, 0.15) is 26.3 Å². The molecule has 0 radical (unpaired) electrons. The second-order valence-corrected chi connectivity index (χ2v) is 5.32. The van der Waals surface area contributed by atoms with Gasteiger partial charge in [-0.15, -0.1) is 0 Å². The number of H-pyrrole nitrogens is 1. The summed E-state index contributed by atoms with van der Waals surface area (Å²) < 4.78 is 1.25. The topological polar surface area (TPSA) is 104 Å². The predicted molar refractivity (Wildman–Crippen MR) is 88.5 cm³/mol. The summed E-state index contributed by atoms with van der Waals surface area (Å²) in [5.74, 6) is -1.81. The third-order valence-electron chi connectivity index (χ3n) is 3.83. The average molecular weight is 325 g/mol. The van der Waals surface area contributed by atoms with E-state index in [1.807, 2.05) is 24.3 Å². The first-order valence-electron chi connectivity index (χ1n) is 7.26. The van der Waals surface area contributed by atoms with Crippen molar-refractivity contribution in [2.24, 2.45) is 0 Å². The smallest absolute Gasteiger partial charge is 0.337 e. The molecule has 2 heterocycles. The van der Waals surface area contributed by atoms with Crippen molar-refractivity contribution in [1.29, 1.82) is 0 Å². The molecule has 1 aromatic carbocycles. The van der Waals surface area contributed by atoms with Crippen LogP contribution in [0.2, 0.25) is 0 Å². The number of pyridine rings is 1. The maximum Gasteiger partial charge on any atom is 0.337 e. The summed E-state index contributed by atoms with van der Waals surface area (Å²) >= 11 is 0. The van der Waals surface area contributed by atoms with Crippen LogP contribution < -0.4 is 10.9 Å². The average Bonchev–Trinajstić information content (AvgIpc) is 3.05. The molecule has 3 N–H and O–H groups in total. The number of carboxylic acids is 1. The van der Waals surface area contributed by atoms with Gasteiger partial charge in [-0.3, -0.25) is 9.59 Å². The number of rotatable bonds is 4. The van der Waals surface area contributed by atoms with E-state index in [4.69, 9.17) is 0 Å². The SMILES string of the molecule is CNC(=O)c1cc(C(=O)O)cn(Cc2cccc3[nH]ccc23)c1=O. The minimum atomic E-state index is -1.20. The van der Waals surface area contributed by atoms with Gasteiger partial charge in [0, 0.05) is 30.3 Å². The van der Waals surface area contributed by atoms with E-state index in [0.29, 0.717) is 0 Å². The fourth-order valence-electron chi connectivity index (χ4n) is 2.64. The number of fused-ring (bicyclic) bond motifs is 1. The van der Waals surface area contributed by atoms with Gasteiger partial charge < -0.3 is 20.0 Å². The lowest BCUT2D eigenvalue weighted by molar-refractivity contribution is 0.0696. The molecule has 0 saturated heterocycles. The third kappa shape index (κ3) is 2.67. The molecule has 0 unspecified atom stereocenters. The molecule has 2 aromatic heterocycles. The predicted octanol–water partition coefficient (Wildman–Crippen LogP) is 1.44. The van der Waals surface area contributed by atoms with E-state index < -0.39 is 17.4 Å². The maximum absolute atomic E-state index is 12.5. The number of nitrogens with zero attached hydrogens (tertiary/aromatic N) is 1. The van der Waals surface area contributed by atoms with Crippen molar-refractivity contribution < 1.29 is 14.7 Å². The second-order valence-electron chi connectivity index (χ2n) is 5.32. The molecule has 122 valence electrons. The Kier molecular flexibility index (Phi) is 3.91. The van der Waals surface area contributed by atoms with E-state index in [2.05, 4.69) is 10.3 Å². The Morgan fingerprint density at radius 1 is 1.29 bits per heavy atom. The first-order valence-corrected chi connectivity index (χ1v) is 7.26. The number of aromatic nitrogens is 2. The molecule has 3 aromatic rings. The van der Waals surface area contributed by atoms with E-state index in [9.17, 15) is 19.5 Å². The van der Waals surface area contributed by atoms with Crippen LogP contribution in [0.15, 0.2) is 47.5 Å². The molecule has 0 aliphatic rings. The largest absolute Gasteiger partial charge is 0.478 e. The van der Waals surface area contributed by atoms with Crippen molar-refractivity contribution in [2.45, 2.75) is 6.54 Å². The Balaban J connectivity index is 2.15. The van der Waals surface area contributed by atoms with Gasteiger partial charge in [-0.05, 0) is 23.8 Å². The summed E-state index contributed by atoms with van der Waals surface area (Å²) in [6.45, 7) is 0.166. The molecule has 0 atom stereocenters. The molecular formula is C17H15N3O4. The van der Waals surface area contributed by atoms with Gasteiger partial charge in [0.25, 0.3) is 11.5 Å². The summed E-state index contributed by atoms with van der Waals surface area (Å²) in [4.78, 5) is 38.8. The molecule has 3 rings (SSSR count). The lowest BCUT2D eigenvalue weighted by Crippen LogP contribution is -2.32. The lowest BCUT2D eigenvalue weighted by atomic mass is 10.1. The molecule has 0 spiro atoms. The zero-order valence-corrected chi connectivity index (χ0v) is 12.9. The minimum absolute atomic E-state index is 0.116. The molecule has 0 aliphatic heterocycles. The number of nitrogens with one attached hydrogen (secondary N) is 2. The Morgan fingerprint density at radius 2 is 2.08 bits per heavy atom. The highest BCUT2D eigenvalue weighted by molar-refractivity contribution is 5.96. The molecule has 24 heavy (non-hydrogen) atoms. The number of hydrogen-bond acceptors (Lipinski definition) is 3. The van der Waals surface area contributed by atoms with Gasteiger partial charge in [-0.1, -0.05) is 12.1 Å². The Morgan fingerprint density at radius 3 is 2.79 bits per heavy atom. The van der Waals surface area contributed by atoms with Crippen molar-refractivity contribution >= 4 is 22.8 Å². The summed E-state index contributed by atoms with van der Waals surface area (Å²) in [6, 6.07) is 8.59. The number of amides is 1. The van der Waals surface area contributed by atoms with Gasteiger partial charge in [-0.25, -0.2) is 4.79 Å². The van der Waals surface area contributed by atoms with Crippen molar-refractivity contribution in [3.63, 3.8) is 0 Å². The lowest BCUT2D eigenvalue weighted by Gasteiger charge is -2.11. The Labute approximate surface area is 136 Å². The first-order chi connectivity index (χ1) is 11.5. The van der Waals surface area contributed by atoms with E-state index in [1.165, 1.54) is 17.8 Å². The maximum atomic E-state index is 12.5. The number of aromatic carboxylic acids is 1. The highest BCUT2D eigenvalue weighted by Gasteiger charge is 2.16. The summed E-state index contributed by atoms with van der Waals surface area (Å²) in [5.41, 5.74) is 0.919. The fourth-order valence-corrected chi connectivity index (χ4v) is 2.64. The van der Waals surface area contributed by atoms with E-state index in [-0.39, 0.29) is 17.7 Å². The quantitative estimate of drug-likeness (QED) is 0.675. The van der Waals surface area contributed by atoms with Crippen LogP contribution in [0.5, 0.6) is 0 Å². The molecule has 1 amide bonds. The van der Waals surface area contributed by atoms with Gasteiger partial charge in [0.1, 0.15) is 5.56 Å². The van der Waals surface area contributed by atoms with Crippen LogP contribution in [0.3, 0.4) is 0 Å². The molecule has 0 bridgehead atoms. The normalized spacial score (nSPS) is 10.7. The molecule has 0 fully saturated rings. The Hall–Kier alpha value is -3.35. The summed E-state index contributed by atoms with van der Waals surface area (Å²) in [6.07, 6.45) is 3.04. The molecule has 7 heteroatoms. The summed E-state index contributed by atoms with van der Waals surface area (Å²) in [7, 11) is 1.39. The first kappa shape index (κ1) is 15.5. The highest BCUT2D eigenvalue weighted by atomic mass is 16.4. The van der Waals surface area contributed by atoms with E-state index in [1.54, 1.807) is 6.20 Å². The zero-order valence-electron chi connectivity index (χ0n) is 12.9. The van der Waals surface area contributed by atoms with Gasteiger partial charge in [0.2, 0.25) is 0 Å². The highest BCUT2D eigenvalue weighted by Crippen LogP contribution is 2.18. The van der Waals surface area contributed by atoms with Crippen LogP contribution in [0.25, 0.3) is 10.9 Å². The van der Waals surface area contributed by atoms with Crippen LogP contribution >= 0.6 is 0 Å². The molecule has 0 saturated carbocycles. The number of carbonyl (C=O) groups is 2. The third-order valence-corrected chi connectivity index (χ3v) is 3.83. The summed E-state index contributed by atoms with van der Waals surface area (Å²) in [5, 5.41) is 12.5. The Bertz CT molecular complexity index is 1000. The van der Waals surface area contributed by atoms with Crippen molar-refractivity contribution in [2.75, 3.05) is 7.05 Å². The minimum Gasteiger partial charge on any atom is -0.478 e. The van der Waals surface area contributed by atoms with Crippen LogP contribution in [0.4, 0.5) is 0 Å². The van der Waals surface area contributed by atoms with E-state index in [0.717, 1.165) is 22.5 Å². The van der Waals surface area contributed by atoms with Crippen molar-refractivity contribution in [3.8, 4) is 0 Å². The number of carbonyl (C=O) groups excluding carboxylic acids is 1. The molecular weight excluding hydrogens is 310 g/mol.